The second-order valence-corrected chi connectivity index (χ2v) is 18.1. The van der Waals surface area contributed by atoms with Gasteiger partial charge in [0.1, 0.15) is 0 Å². The third kappa shape index (κ3) is 5.59. The first-order valence-electron chi connectivity index (χ1n) is 22.7. The minimum atomic E-state index is -0.104. The second kappa shape index (κ2) is 14.4. The first-order valence-corrected chi connectivity index (χ1v) is 22.7. The topological polar surface area (TPSA) is 0 Å². The Balaban J connectivity index is 1.07. The van der Waals surface area contributed by atoms with Crippen LogP contribution in [0.25, 0.3) is 121 Å². The van der Waals surface area contributed by atoms with Crippen LogP contribution in [0.4, 0.5) is 0 Å². The van der Waals surface area contributed by atoms with E-state index in [1.165, 1.54) is 126 Å². The molecular formula is C65H42. The maximum Gasteiger partial charge on any atom is 0.0412 e. The molecule has 12 aromatic carbocycles. The summed E-state index contributed by atoms with van der Waals surface area (Å²) in [5, 5.41) is 12.1. The maximum absolute atomic E-state index is 3.66. The van der Waals surface area contributed by atoms with E-state index in [1.54, 1.807) is 0 Å². The molecule has 0 amide bonds. The molecule has 1 aliphatic rings. The normalized spacial score (nSPS) is 12.8. The summed E-state index contributed by atoms with van der Waals surface area (Å²) in [5.41, 5.74) is 17.6. The molecule has 12 aromatic rings. The molecule has 0 spiro atoms. The van der Waals surface area contributed by atoms with E-state index in [4.69, 9.17) is 0 Å². The first-order chi connectivity index (χ1) is 32.0. The minimum absolute atomic E-state index is 0.104. The summed E-state index contributed by atoms with van der Waals surface area (Å²) >= 11 is 0. The van der Waals surface area contributed by atoms with Gasteiger partial charge >= 0.3 is 0 Å². The van der Waals surface area contributed by atoms with Crippen molar-refractivity contribution < 1.29 is 0 Å². The van der Waals surface area contributed by atoms with Gasteiger partial charge in [-0.1, -0.05) is 220 Å². The fourth-order valence-electron chi connectivity index (χ4n) is 11.4. The number of benzene rings is 11. The molecule has 0 heteroatoms. The Bertz CT molecular complexity index is 3830. The average molecular weight is 823 g/mol. The zero-order chi connectivity index (χ0) is 43.2. The highest BCUT2D eigenvalue weighted by Gasteiger charge is 2.35. The van der Waals surface area contributed by atoms with Crippen molar-refractivity contribution in [3.8, 4) is 66.8 Å². The Morgan fingerprint density at radius 1 is 0.292 bits per heavy atom. The summed E-state index contributed by atoms with van der Waals surface area (Å²) in [6.07, 6.45) is 0. The van der Waals surface area contributed by atoms with Crippen LogP contribution in [-0.4, -0.2) is 0 Å². The Hall–Kier alpha value is -8.24. The molecule has 0 radical (unpaired) electrons. The predicted octanol–water partition coefficient (Wildman–Crippen LogP) is 17.7. The third-order valence-electron chi connectivity index (χ3n) is 14.3. The molecule has 0 aliphatic heterocycles. The molecular weight excluding hydrogens is 781 g/mol. The van der Waals surface area contributed by atoms with Crippen LogP contribution in [0.3, 0.4) is 0 Å². The highest BCUT2D eigenvalue weighted by Crippen LogP contribution is 2.53. The van der Waals surface area contributed by atoms with Crippen LogP contribution >= 0.6 is 0 Å². The van der Waals surface area contributed by atoms with Crippen molar-refractivity contribution in [2.24, 2.45) is 0 Å². The van der Waals surface area contributed by atoms with Crippen molar-refractivity contribution in [1.29, 1.82) is 0 Å². The average Bonchev–Trinajstić information content (AvgIpc) is 3.60. The molecule has 0 heterocycles. The van der Waals surface area contributed by atoms with Gasteiger partial charge in [-0.2, -0.15) is 0 Å². The van der Waals surface area contributed by atoms with Crippen molar-refractivity contribution in [3.05, 3.63) is 242 Å². The van der Waals surface area contributed by atoms with Crippen molar-refractivity contribution in [3.63, 3.8) is 0 Å². The number of hydrogen-bond donors (Lipinski definition) is 0. The molecule has 0 N–H and O–H groups in total. The largest absolute Gasteiger partial charge is 0.0695 e. The smallest absolute Gasteiger partial charge is 0.0412 e. The van der Waals surface area contributed by atoms with Crippen LogP contribution in [0.1, 0.15) is 25.0 Å². The monoisotopic (exact) mass is 822 g/mol. The summed E-state index contributed by atoms with van der Waals surface area (Å²) < 4.78 is 0. The van der Waals surface area contributed by atoms with Gasteiger partial charge in [-0.05, 0) is 145 Å². The number of rotatable bonds is 5. The molecule has 0 nitrogen and oxygen atoms in total. The van der Waals surface area contributed by atoms with E-state index in [1.807, 2.05) is 6.07 Å². The Labute approximate surface area is 379 Å². The summed E-state index contributed by atoms with van der Waals surface area (Å²) in [5.74, 6) is 0. The molecule has 0 saturated carbocycles. The Morgan fingerprint density at radius 3 is 1.46 bits per heavy atom. The highest BCUT2D eigenvalue weighted by molar-refractivity contribution is 6.27. The van der Waals surface area contributed by atoms with Gasteiger partial charge in [0.2, 0.25) is 0 Å². The van der Waals surface area contributed by atoms with Gasteiger partial charge in [0.05, 0.1) is 0 Å². The lowest BCUT2D eigenvalue weighted by molar-refractivity contribution is 0.660. The zero-order valence-corrected chi connectivity index (χ0v) is 36.3. The van der Waals surface area contributed by atoms with Crippen LogP contribution < -0.4 is 0 Å². The summed E-state index contributed by atoms with van der Waals surface area (Å²) in [6.45, 7) is 4.72. The minimum Gasteiger partial charge on any atom is -0.0695 e. The number of hydrogen-bond acceptors (Lipinski definition) is 0. The molecule has 13 rings (SSSR count). The lowest BCUT2D eigenvalue weighted by Crippen LogP contribution is -2.14. The molecule has 0 fully saturated rings. The molecule has 0 unspecified atom stereocenters. The summed E-state index contributed by atoms with van der Waals surface area (Å²) in [7, 11) is 0. The van der Waals surface area contributed by atoms with Crippen LogP contribution in [0, 0.1) is 12.1 Å². The van der Waals surface area contributed by atoms with Crippen molar-refractivity contribution in [2.45, 2.75) is 19.3 Å². The fourth-order valence-corrected chi connectivity index (χ4v) is 11.4. The zero-order valence-electron chi connectivity index (χ0n) is 36.3. The van der Waals surface area contributed by atoms with Gasteiger partial charge in [0.15, 0.2) is 0 Å². The van der Waals surface area contributed by atoms with Crippen molar-refractivity contribution in [2.75, 3.05) is 0 Å². The van der Waals surface area contributed by atoms with Gasteiger partial charge < -0.3 is 0 Å². The predicted molar refractivity (Wildman–Crippen MR) is 276 cm³/mol. The summed E-state index contributed by atoms with van der Waals surface area (Å²) in [4.78, 5) is 0. The van der Waals surface area contributed by atoms with Gasteiger partial charge in [-0.25, -0.2) is 0 Å². The molecule has 302 valence electrons. The molecule has 0 bridgehead atoms. The summed E-state index contributed by atoms with van der Waals surface area (Å²) in [6, 6.07) is 87.8. The van der Waals surface area contributed by atoms with Gasteiger partial charge in [0.25, 0.3) is 0 Å². The first kappa shape index (κ1) is 37.3. The number of fused-ring (bicyclic) bond motifs is 8. The van der Waals surface area contributed by atoms with Gasteiger partial charge in [0, 0.05) is 16.4 Å². The standard InChI is InChI=1S/C65H42/c1-65(2)59-32-18-17-25-47(59)48-35-34-44(40-60(48)65)62-50-27-12-15-30-53(50)63(54-31-16-13-28-51(54)62)55-37-38-56(46-24-10-9-23-45(46)55)64-52-29-14-11-26-49(52)61(42-21-7-4-8-22-42)58-39-43(33-36-57(58)64)41-19-5-3-6-20-41/h3-12,14-27,29-40H,1-2H3. The van der Waals surface area contributed by atoms with Crippen molar-refractivity contribution in [1.82, 2.24) is 0 Å². The third-order valence-corrected chi connectivity index (χ3v) is 14.3. The lowest BCUT2D eigenvalue weighted by atomic mass is 9.80. The molecule has 1 aliphatic carbocycles. The molecule has 65 heavy (non-hydrogen) atoms. The Kier molecular flexibility index (Phi) is 8.27. The fraction of sp³-hybridized carbons (Fsp3) is 0.0462. The van der Waals surface area contributed by atoms with E-state index >= 15 is 0 Å². The van der Waals surface area contributed by atoms with Crippen LogP contribution in [-0.2, 0) is 5.41 Å². The van der Waals surface area contributed by atoms with E-state index in [0.29, 0.717) is 0 Å². The van der Waals surface area contributed by atoms with E-state index in [2.05, 4.69) is 238 Å². The van der Waals surface area contributed by atoms with E-state index < -0.39 is 0 Å². The van der Waals surface area contributed by atoms with Crippen LogP contribution in [0.2, 0.25) is 0 Å². The van der Waals surface area contributed by atoms with Gasteiger partial charge in [-0.15, -0.1) is 0 Å². The van der Waals surface area contributed by atoms with E-state index in [-0.39, 0.29) is 5.41 Å². The van der Waals surface area contributed by atoms with E-state index in [0.717, 1.165) is 5.39 Å². The van der Waals surface area contributed by atoms with E-state index in [9.17, 15) is 0 Å². The second-order valence-electron chi connectivity index (χ2n) is 18.1. The SMILES string of the molecule is CC1(C)c2ccccc2-c2ccc(-c3c4c#cccc4c(-c4ccc(-c5c6ccccc6c(-c6ccccc6)c6cc(-c7ccccc7)ccc56)c5ccccc45)c4ccccc34)cc21. The maximum atomic E-state index is 3.66. The van der Waals surface area contributed by atoms with Gasteiger partial charge in [-0.3, -0.25) is 0 Å². The van der Waals surface area contributed by atoms with Crippen LogP contribution in [0.15, 0.2) is 218 Å². The molecule has 0 aromatic heterocycles. The Morgan fingerprint density at radius 2 is 0.785 bits per heavy atom. The molecule has 0 atom stereocenters. The quantitative estimate of drug-likeness (QED) is 0.152. The lowest BCUT2D eigenvalue weighted by Gasteiger charge is -2.23. The van der Waals surface area contributed by atoms with Crippen molar-refractivity contribution >= 4 is 53.9 Å². The van der Waals surface area contributed by atoms with Crippen LogP contribution in [0.5, 0.6) is 0 Å². The molecule has 0 saturated heterocycles. The highest BCUT2D eigenvalue weighted by atomic mass is 14.4.